The number of halogens is 3. The number of aliphatic imine (C=N–C) groups is 1. The van der Waals surface area contributed by atoms with Crippen LogP contribution in [0.3, 0.4) is 0 Å². The van der Waals surface area contributed by atoms with Gasteiger partial charge in [-0.3, -0.25) is 0 Å². The molecule has 0 bridgehead atoms. The highest BCUT2D eigenvalue weighted by atomic mass is 35.5. The van der Waals surface area contributed by atoms with E-state index in [2.05, 4.69) is 53.3 Å². The molecule has 0 spiro atoms. The quantitative estimate of drug-likeness (QED) is 0.634. The van der Waals surface area contributed by atoms with Gasteiger partial charge in [0.05, 0.1) is 5.69 Å². The van der Waals surface area contributed by atoms with Crippen LogP contribution in [0.4, 0.5) is 5.69 Å². The number of benzene rings is 2. The summed E-state index contributed by atoms with van der Waals surface area (Å²) in [5.74, 6) is 1.07. The minimum Gasteiger partial charge on any atom is -0.354 e. The van der Waals surface area contributed by atoms with Gasteiger partial charge >= 0.3 is 0 Å². The lowest BCUT2D eigenvalue weighted by Gasteiger charge is -2.35. The molecule has 0 unspecified atom stereocenters. The van der Waals surface area contributed by atoms with Crippen molar-refractivity contribution in [2.24, 2.45) is 4.99 Å². The van der Waals surface area contributed by atoms with Crippen LogP contribution >= 0.6 is 36.4 Å². The fourth-order valence-corrected chi connectivity index (χ4v) is 3.62. The molecule has 0 saturated carbocycles. The number of fused-ring (bicyclic) bond motifs is 1. The molecule has 2 aromatic carbocycles. The van der Waals surface area contributed by atoms with Crippen LogP contribution in [0.15, 0.2) is 59.6 Å². The van der Waals surface area contributed by atoms with Gasteiger partial charge in [0.15, 0.2) is 0 Å². The fraction of sp³-hybridized carbons (Fsp3) is 0.286. The molecule has 2 aliphatic heterocycles. The van der Waals surface area contributed by atoms with Crippen molar-refractivity contribution in [3.63, 3.8) is 0 Å². The van der Waals surface area contributed by atoms with Crippen molar-refractivity contribution < 1.29 is 0 Å². The maximum absolute atomic E-state index is 6.26. The van der Waals surface area contributed by atoms with Gasteiger partial charge in [0, 0.05) is 36.8 Å². The highest BCUT2D eigenvalue weighted by Crippen LogP contribution is 2.30. The van der Waals surface area contributed by atoms with E-state index in [1.165, 1.54) is 11.1 Å². The van der Waals surface area contributed by atoms with Gasteiger partial charge in [-0.1, -0.05) is 48.0 Å². The van der Waals surface area contributed by atoms with Crippen molar-refractivity contribution in [3.8, 4) is 0 Å². The van der Waals surface area contributed by atoms with Gasteiger partial charge in [0.25, 0.3) is 0 Å². The molecule has 2 heterocycles. The zero-order valence-corrected chi connectivity index (χ0v) is 17.7. The average Bonchev–Trinajstić information content (AvgIpc) is 2.82. The molecule has 0 aromatic heterocycles. The fourth-order valence-electron chi connectivity index (χ4n) is 3.43. The first-order valence-corrected chi connectivity index (χ1v) is 9.15. The van der Waals surface area contributed by atoms with Gasteiger partial charge in [-0.15, -0.1) is 24.8 Å². The Balaban J connectivity index is 0.00000131. The number of allylic oxidation sites excluding steroid dienone is 1. The first kappa shape index (κ1) is 21.8. The molecule has 144 valence electrons. The Morgan fingerprint density at radius 2 is 1.67 bits per heavy atom. The summed E-state index contributed by atoms with van der Waals surface area (Å²) in [5, 5.41) is 0.762. The summed E-state index contributed by atoms with van der Waals surface area (Å²) < 4.78 is 0. The van der Waals surface area contributed by atoms with E-state index in [4.69, 9.17) is 16.6 Å². The minimum atomic E-state index is 0. The second-order valence-corrected chi connectivity index (χ2v) is 7.12. The number of piperazine rings is 1. The zero-order valence-electron chi connectivity index (χ0n) is 15.3. The summed E-state index contributed by atoms with van der Waals surface area (Å²) in [6.07, 6.45) is 3.19. The number of nitrogens with zero attached hydrogens (tertiary/aromatic N) is 3. The summed E-state index contributed by atoms with van der Waals surface area (Å²) in [6.45, 7) is 4.11. The summed E-state index contributed by atoms with van der Waals surface area (Å²) in [4.78, 5) is 9.87. The van der Waals surface area contributed by atoms with Crippen molar-refractivity contribution in [3.05, 3.63) is 70.8 Å². The summed E-state index contributed by atoms with van der Waals surface area (Å²) in [7, 11) is 2.18. The SMILES string of the molecule is CN1CCN(C2=Nc3ccccc3CC=C2c2cccc(Cl)c2)CC1.Cl.Cl. The van der Waals surface area contributed by atoms with E-state index in [1.54, 1.807) is 0 Å². The number of para-hydroxylation sites is 1. The lowest BCUT2D eigenvalue weighted by atomic mass is 10.0. The molecule has 0 N–H and O–H groups in total. The van der Waals surface area contributed by atoms with Gasteiger partial charge in [0.2, 0.25) is 0 Å². The van der Waals surface area contributed by atoms with E-state index >= 15 is 0 Å². The molecule has 6 heteroatoms. The Hall–Kier alpha value is -1.52. The van der Waals surface area contributed by atoms with E-state index in [0.29, 0.717) is 0 Å². The Morgan fingerprint density at radius 3 is 2.41 bits per heavy atom. The number of hydrogen-bond acceptors (Lipinski definition) is 3. The molecule has 27 heavy (non-hydrogen) atoms. The third-order valence-electron chi connectivity index (χ3n) is 4.92. The Bertz CT molecular complexity index is 840. The third kappa shape index (κ3) is 4.85. The van der Waals surface area contributed by atoms with Crippen LogP contribution in [0, 0.1) is 0 Å². The largest absolute Gasteiger partial charge is 0.354 e. The number of amidine groups is 1. The van der Waals surface area contributed by atoms with Crippen molar-refractivity contribution >= 4 is 53.5 Å². The van der Waals surface area contributed by atoms with Gasteiger partial charge in [-0.25, -0.2) is 4.99 Å². The molecule has 0 radical (unpaired) electrons. The maximum Gasteiger partial charge on any atom is 0.136 e. The van der Waals surface area contributed by atoms with Crippen LogP contribution in [0.1, 0.15) is 11.1 Å². The summed E-state index contributed by atoms with van der Waals surface area (Å²) in [5.41, 5.74) is 4.66. The van der Waals surface area contributed by atoms with Crippen LogP contribution in [0.2, 0.25) is 5.02 Å². The molecule has 4 rings (SSSR count). The Labute approximate surface area is 178 Å². The lowest BCUT2D eigenvalue weighted by molar-refractivity contribution is 0.216. The standard InChI is InChI=1S/C21H22ClN3.2ClH/c1-24-11-13-25(14-12-24)21-19(17-6-4-7-18(22)15-17)10-9-16-5-2-3-8-20(16)23-21;;/h2-8,10,15H,9,11-14H2,1H3;2*1H. The second-order valence-electron chi connectivity index (χ2n) is 6.69. The van der Waals surface area contributed by atoms with Gasteiger partial charge < -0.3 is 9.80 Å². The first-order chi connectivity index (χ1) is 12.2. The molecule has 3 nitrogen and oxygen atoms in total. The van der Waals surface area contributed by atoms with Gasteiger partial charge in [0.1, 0.15) is 5.84 Å². The molecular formula is C21H24Cl3N3. The predicted octanol–water partition coefficient (Wildman–Crippen LogP) is 5.10. The normalized spacial score (nSPS) is 16.9. The molecular weight excluding hydrogens is 401 g/mol. The van der Waals surface area contributed by atoms with E-state index in [-0.39, 0.29) is 24.8 Å². The molecule has 0 amide bonds. The van der Waals surface area contributed by atoms with Crippen molar-refractivity contribution in [1.29, 1.82) is 0 Å². The van der Waals surface area contributed by atoms with Crippen LogP contribution in [0.5, 0.6) is 0 Å². The first-order valence-electron chi connectivity index (χ1n) is 8.77. The van der Waals surface area contributed by atoms with Crippen LogP contribution in [-0.4, -0.2) is 48.9 Å². The lowest BCUT2D eigenvalue weighted by Crippen LogP contribution is -2.47. The molecule has 2 aromatic rings. The van der Waals surface area contributed by atoms with Gasteiger partial charge in [-0.05, 0) is 42.8 Å². The predicted molar refractivity (Wildman–Crippen MR) is 120 cm³/mol. The number of rotatable bonds is 1. The van der Waals surface area contributed by atoms with Crippen molar-refractivity contribution in [2.45, 2.75) is 6.42 Å². The monoisotopic (exact) mass is 423 g/mol. The molecule has 2 aliphatic rings. The molecule has 0 aliphatic carbocycles. The third-order valence-corrected chi connectivity index (χ3v) is 5.16. The number of hydrogen-bond donors (Lipinski definition) is 0. The van der Waals surface area contributed by atoms with E-state index in [1.807, 2.05) is 18.2 Å². The maximum atomic E-state index is 6.26. The Morgan fingerprint density at radius 1 is 0.926 bits per heavy atom. The highest BCUT2D eigenvalue weighted by Gasteiger charge is 2.23. The van der Waals surface area contributed by atoms with Crippen molar-refractivity contribution in [1.82, 2.24) is 9.80 Å². The van der Waals surface area contributed by atoms with Gasteiger partial charge in [-0.2, -0.15) is 0 Å². The summed E-state index contributed by atoms with van der Waals surface area (Å²) in [6, 6.07) is 16.5. The minimum absolute atomic E-state index is 0. The van der Waals surface area contributed by atoms with Crippen molar-refractivity contribution in [2.75, 3.05) is 33.2 Å². The molecule has 1 saturated heterocycles. The van der Waals surface area contributed by atoms with Crippen LogP contribution < -0.4 is 0 Å². The zero-order chi connectivity index (χ0) is 17.2. The van der Waals surface area contributed by atoms with Crippen LogP contribution in [-0.2, 0) is 6.42 Å². The molecule has 1 fully saturated rings. The summed E-state index contributed by atoms with van der Waals surface area (Å²) >= 11 is 6.26. The molecule has 0 atom stereocenters. The average molecular weight is 425 g/mol. The smallest absolute Gasteiger partial charge is 0.136 e. The second kappa shape index (κ2) is 9.61. The number of likely N-dealkylation sites (N-methyl/N-ethyl adjacent to an activating group) is 1. The topological polar surface area (TPSA) is 18.8 Å². The van der Waals surface area contributed by atoms with E-state index in [9.17, 15) is 0 Å². The van der Waals surface area contributed by atoms with E-state index < -0.39 is 0 Å². The Kier molecular flexibility index (Phi) is 7.75. The van der Waals surface area contributed by atoms with E-state index in [0.717, 1.165) is 54.7 Å². The highest BCUT2D eigenvalue weighted by molar-refractivity contribution is 6.31. The van der Waals surface area contributed by atoms with Crippen LogP contribution in [0.25, 0.3) is 5.57 Å².